The molecule has 1 aromatic heterocycles. The first-order valence-electron chi connectivity index (χ1n) is 4.64. The number of aromatic nitrogens is 2. The van der Waals surface area contributed by atoms with Gasteiger partial charge in [0.05, 0.1) is 6.21 Å². The Hall–Kier alpha value is -0.940. The third-order valence-corrected chi connectivity index (χ3v) is 2.97. The second-order valence-electron chi connectivity index (χ2n) is 4.16. The lowest BCUT2D eigenvalue weighted by molar-refractivity contribution is 0.562. The van der Waals surface area contributed by atoms with Gasteiger partial charge in [-0.05, 0) is 27.7 Å². The molecule has 0 aliphatic rings. The molecule has 82 valence electrons. The van der Waals surface area contributed by atoms with Gasteiger partial charge in [-0.2, -0.15) is 0 Å². The zero-order valence-corrected chi connectivity index (χ0v) is 10.2. The summed E-state index contributed by atoms with van der Waals surface area (Å²) in [6.45, 7) is 7.46. The van der Waals surface area contributed by atoms with Gasteiger partial charge < -0.3 is 4.55 Å². The predicted molar refractivity (Wildman–Crippen MR) is 62.3 cm³/mol. The van der Waals surface area contributed by atoms with Crippen LogP contribution in [-0.4, -0.2) is 25.5 Å². The van der Waals surface area contributed by atoms with Crippen molar-refractivity contribution in [1.82, 2.24) is 9.97 Å². The minimum atomic E-state index is -1.23. The molecular weight excluding hydrogens is 210 g/mol. The molecule has 0 aliphatic heterocycles. The van der Waals surface area contributed by atoms with E-state index in [1.165, 1.54) is 0 Å². The van der Waals surface area contributed by atoms with Crippen LogP contribution in [0.5, 0.6) is 0 Å². The van der Waals surface area contributed by atoms with Crippen molar-refractivity contribution in [1.29, 1.82) is 0 Å². The zero-order chi connectivity index (χ0) is 11.5. The third-order valence-electron chi connectivity index (χ3n) is 1.62. The number of hydrogen-bond acceptors (Lipinski definition) is 4. The molecule has 0 aromatic carbocycles. The van der Waals surface area contributed by atoms with Crippen LogP contribution >= 0.6 is 0 Å². The molecule has 0 saturated carbocycles. The SMILES string of the molecule is Cc1ncc(C=N[S+]([O-])C(C)(C)C)cn1. The summed E-state index contributed by atoms with van der Waals surface area (Å²) < 4.78 is 15.2. The van der Waals surface area contributed by atoms with Crippen molar-refractivity contribution in [3.63, 3.8) is 0 Å². The summed E-state index contributed by atoms with van der Waals surface area (Å²) >= 11 is -1.23. The van der Waals surface area contributed by atoms with Gasteiger partial charge in [0.15, 0.2) is 0 Å². The van der Waals surface area contributed by atoms with E-state index in [0.717, 1.165) is 5.56 Å². The number of rotatable bonds is 2. The first-order chi connectivity index (χ1) is 6.89. The Morgan fingerprint density at radius 2 is 1.87 bits per heavy atom. The highest BCUT2D eigenvalue weighted by Gasteiger charge is 2.25. The molecule has 0 fully saturated rings. The molecule has 0 saturated heterocycles. The fourth-order valence-corrected chi connectivity index (χ4v) is 1.27. The average Bonchev–Trinajstić information content (AvgIpc) is 2.15. The van der Waals surface area contributed by atoms with Crippen molar-refractivity contribution in [2.24, 2.45) is 4.40 Å². The molecular formula is C10H15N3OS. The highest BCUT2D eigenvalue weighted by molar-refractivity contribution is 7.91. The van der Waals surface area contributed by atoms with E-state index < -0.39 is 11.4 Å². The quantitative estimate of drug-likeness (QED) is 0.568. The monoisotopic (exact) mass is 225 g/mol. The molecule has 1 unspecified atom stereocenters. The summed E-state index contributed by atoms with van der Waals surface area (Å²) in [5, 5.41) is 0. The van der Waals surface area contributed by atoms with Crippen molar-refractivity contribution in [2.45, 2.75) is 32.4 Å². The fourth-order valence-electron chi connectivity index (χ4n) is 0.736. The van der Waals surface area contributed by atoms with Crippen LogP contribution < -0.4 is 0 Å². The maximum absolute atomic E-state index is 11.6. The minimum Gasteiger partial charge on any atom is -0.591 e. The molecule has 0 radical (unpaired) electrons. The van der Waals surface area contributed by atoms with Crippen LogP contribution in [0, 0.1) is 6.92 Å². The van der Waals surface area contributed by atoms with Crippen molar-refractivity contribution < 1.29 is 4.55 Å². The van der Waals surface area contributed by atoms with Crippen LogP contribution in [0.4, 0.5) is 0 Å². The fraction of sp³-hybridized carbons (Fsp3) is 0.500. The molecule has 4 nitrogen and oxygen atoms in total. The van der Waals surface area contributed by atoms with E-state index in [9.17, 15) is 4.55 Å². The summed E-state index contributed by atoms with van der Waals surface area (Å²) in [4.78, 5) is 8.04. The van der Waals surface area contributed by atoms with E-state index in [0.29, 0.717) is 5.82 Å². The second-order valence-corrected chi connectivity index (χ2v) is 6.09. The Morgan fingerprint density at radius 1 is 1.33 bits per heavy atom. The Morgan fingerprint density at radius 3 is 2.33 bits per heavy atom. The standard InChI is InChI=1S/C10H15N3OS/c1-8-11-5-9(6-12-8)7-13-15(14)10(2,3)4/h5-7H,1-4H3. The molecule has 0 amide bonds. The summed E-state index contributed by atoms with van der Waals surface area (Å²) in [7, 11) is 0. The van der Waals surface area contributed by atoms with E-state index in [2.05, 4.69) is 14.4 Å². The van der Waals surface area contributed by atoms with Crippen LogP contribution in [0.15, 0.2) is 16.8 Å². The van der Waals surface area contributed by atoms with E-state index in [1.54, 1.807) is 18.6 Å². The topological polar surface area (TPSA) is 61.2 Å². The Balaban J connectivity index is 2.70. The van der Waals surface area contributed by atoms with Crippen molar-refractivity contribution >= 4 is 17.6 Å². The van der Waals surface area contributed by atoms with E-state index in [1.807, 2.05) is 27.7 Å². The molecule has 15 heavy (non-hydrogen) atoms. The Kier molecular flexibility index (Phi) is 3.82. The maximum atomic E-state index is 11.6. The summed E-state index contributed by atoms with van der Waals surface area (Å²) in [6, 6.07) is 0. The Bertz CT molecular complexity index is 343. The second kappa shape index (κ2) is 4.72. The number of hydrogen-bond donors (Lipinski definition) is 0. The van der Waals surface area contributed by atoms with Crippen LogP contribution in [0.1, 0.15) is 32.2 Å². The lowest BCUT2D eigenvalue weighted by Gasteiger charge is -2.17. The number of aryl methyl sites for hydroxylation is 1. The highest BCUT2D eigenvalue weighted by Crippen LogP contribution is 2.16. The van der Waals surface area contributed by atoms with Gasteiger partial charge in [0.1, 0.15) is 21.9 Å². The summed E-state index contributed by atoms with van der Waals surface area (Å²) in [6.07, 6.45) is 4.86. The van der Waals surface area contributed by atoms with Gasteiger partial charge >= 0.3 is 0 Å². The summed E-state index contributed by atoms with van der Waals surface area (Å²) in [5.74, 6) is 0.712. The van der Waals surface area contributed by atoms with Crippen molar-refractivity contribution in [3.8, 4) is 0 Å². The largest absolute Gasteiger partial charge is 0.591 e. The summed E-state index contributed by atoms with van der Waals surface area (Å²) in [5.41, 5.74) is 0.762. The first kappa shape index (κ1) is 12.1. The van der Waals surface area contributed by atoms with Gasteiger partial charge in [-0.15, -0.1) is 0 Å². The smallest absolute Gasteiger partial charge is 0.144 e. The molecule has 0 spiro atoms. The third kappa shape index (κ3) is 3.97. The molecule has 0 aliphatic carbocycles. The average molecular weight is 225 g/mol. The lowest BCUT2D eigenvalue weighted by Crippen LogP contribution is -2.25. The maximum Gasteiger partial charge on any atom is 0.144 e. The zero-order valence-electron chi connectivity index (χ0n) is 9.39. The molecule has 1 aromatic rings. The van der Waals surface area contributed by atoms with Crippen LogP contribution in [0.3, 0.4) is 0 Å². The molecule has 5 heteroatoms. The molecule has 0 N–H and O–H groups in total. The van der Waals surface area contributed by atoms with Gasteiger partial charge in [-0.25, -0.2) is 9.97 Å². The van der Waals surface area contributed by atoms with Crippen molar-refractivity contribution in [3.05, 3.63) is 23.8 Å². The molecule has 0 bridgehead atoms. The van der Waals surface area contributed by atoms with Crippen LogP contribution in [0.25, 0.3) is 0 Å². The van der Waals surface area contributed by atoms with Gasteiger partial charge in [-0.1, -0.05) is 4.40 Å². The number of nitrogens with zero attached hydrogens (tertiary/aromatic N) is 3. The molecule has 1 atom stereocenters. The molecule has 1 rings (SSSR count). The first-order valence-corrected chi connectivity index (χ1v) is 5.75. The Labute approximate surface area is 93.2 Å². The van der Waals surface area contributed by atoms with E-state index in [4.69, 9.17) is 0 Å². The van der Waals surface area contributed by atoms with Gasteiger partial charge in [0.25, 0.3) is 0 Å². The van der Waals surface area contributed by atoms with Gasteiger partial charge in [-0.3, -0.25) is 0 Å². The van der Waals surface area contributed by atoms with Crippen molar-refractivity contribution in [2.75, 3.05) is 0 Å². The van der Waals surface area contributed by atoms with E-state index >= 15 is 0 Å². The molecule has 1 heterocycles. The van der Waals surface area contributed by atoms with E-state index in [-0.39, 0.29) is 4.75 Å². The lowest BCUT2D eigenvalue weighted by atomic mass is 10.3. The van der Waals surface area contributed by atoms with Crippen LogP contribution in [-0.2, 0) is 11.4 Å². The minimum absolute atomic E-state index is 0.331. The highest BCUT2D eigenvalue weighted by atomic mass is 32.2. The van der Waals surface area contributed by atoms with Gasteiger partial charge in [0.2, 0.25) is 0 Å². The van der Waals surface area contributed by atoms with Crippen LogP contribution in [0.2, 0.25) is 0 Å². The normalized spacial score (nSPS) is 14.5. The predicted octanol–water partition coefficient (Wildman–Crippen LogP) is 1.67. The van der Waals surface area contributed by atoms with Gasteiger partial charge in [0, 0.05) is 18.0 Å².